The number of carbonyl (C=O) groups excluding carboxylic acids is 1. The van der Waals surface area contributed by atoms with Gasteiger partial charge in [0.25, 0.3) is 0 Å². The first-order chi connectivity index (χ1) is 13.5. The van der Waals surface area contributed by atoms with Gasteiger partial charge in [0.15, 0.2) is 0 Å². The number of rotatable bonds is 10. The molecule has 0 aromatic heterocycles. The van der Waals surface area contributed by atoms with Gasteiger partial charge in [-0.25, -0.2) is 0 Å². The summed E-state index contributed by atoms with van der Waals surface area (Å²) in [5.74, 6) is -1.01. The van der Waals surface area contributed by atoms with E-state index in [1.54, 1.807) is 13.0 Å². The molecule has 5 heteroatoms. The Morgan fingerprint density at radius 1 is 1.29 bits per heavy atom. The summed E-state index contributed by atoms with van der Waals surface area (Å²) in [5, 5.41) is 19.2. The van der Waals surface area contributed by atoms with Gasteiger partial charge in [-0.2, -0.15) is 0 Å². The fourth-order valence-corrected chi connectivity index (χ4v) is 3.34. The Kier molecular flexibility index (Phi) is 8.95. The molecule has 1 aromatic carbocycles. The van der Waals surface area contributed by atoms with Crippen LogP contribution in [0, 0.1) is 5.92 Å². The lowest BCUT2D eigenvalue weighted by Gasteiger charge is -2.33. The van der Waals surface area contributed by atoms with Crippen LogP contribution in [0.15, 0.2) is 54.6 Å². The molecular weight excluding hydrogens is 354 g/mol. The van der Waals surface area contributed by atoms with Crippen molar-refractivity contribution in [2.75, 3.05) is 6.54 Å². The van der Waals surface area contributed by atoms with Gasteiger partial charge in [0.1, 0.15) is 0 Å². The Bertz CT molecular complexity index is 683. The summed E-state index contributed by atoms with van der Waals surface area (Å²) in [6, 6.07) is 9.84. The van der Waals surface area contributed by atoms with E-state index in [0.29, 0.717) is 32.2 Å². The maximum absolute atomic E-state index is 12.3. The van der Waals surface area contributed by atoms with Crippen LogP contribution in [0.5, 0.6) is 0 Å². The quantitative estimate of drug-likeness (QED) is 0.604. The second kappa shape index (κ2) is 11.4. The summed E-state index contributed by atoms with van der Waals surface area (Å²) >= 11 is 0. The number of likely N-dealkylation sites (tertiary alicyclic amines) is 1. The summed E-state index contributed by atoms with van der Waals surface area (Å²) in [4.78, 5) is 25.0. The average Bonchev–Trinajstić information content (AvgIpc) is 2.68. The summed E-state index contributed by atoms with van der Waals surface area (Å²) in [6.07, 6.45) is 11.2. The first-order valence-electron chi connectivity index (χ1n) is 10.0. The van der Waals surface area contributed by atoms with Crippen LogP contribution in [-0.2, 0) is 16.0 Å². The lowest BCUT2D eigenvalue weighted by Crippen LogP contribution is -2.42. The number of carboxylic acid groups (broad SMARTS) is 1. The molecule has 5 nitrogen and oxygen atoms in total. The third-order valence-corrected chi connectivity index (χ3v) is 5.11. The lowest BCUT2D eigenvalue weighted by atomic mass is 9.99. The topological polar surface area (TPSA) is 77.8 Å². The fourth-order valence-electron chi connectivity index (χ4n) is 3.34. The molecule has 1 aromatic rings. The van der Waals surface area contributed by atoms with E-state index in [2.05, 4.69) is 0 Å². The third kappa shape index (κ3) is 7.31. The smallest absolute Gasteiger partial charge is 0.306 e. The number of hydrogen-bond acceptors (Lipinski definition) is 3. The Balaban J connectivity index is 1.86. The SMILES string of the molecule is CC(CC/C=C\CN1C(=O)CCCC1/C=C/C(O)Cc1ccccc1)C(=O)O. The molecule has 152 valence electrons. The minimum Gasteiger partial charge on any atom is -0.481 e. The van der Waals surface area contributed by atoms with Crippen LogP contribution in [0.4, 0.5) is 0 Å². The van der Waals surface area contributed by atoms with Crippen molar-refractivity contribution in [3.63, 3.8) is 0 Å². The van der Waals surface area contributed by atoms with E-state index in [1.807, 2.05) is 53.5 Å². The molecular formula is C23H31NO4. The van der Waals surface area contributed by atoms with Gasteiger partial charge in [-0.05, 0) is 31.2 Å². The van der Waals surface area contributed by atoms with Gasteiger partial charge >= 0.3 is 5.97 Å². The predicted octanol–water partition coefficient (Wildman–Crippen LogP) is 3.58. The van der Waals surface area contributed by atoms with E-state index in [0.717, 1.165) is 18.4 Å². The molecule has 2 rings (SSSR count). The van der Waals surface area contributed by atoms with Crippen molar-refractivity contribution in [1.29, 1.82) is 0 Å². The largest absolute Gasteiger partial charge is 0.481 e. The van der Waals surface area contributed by atoms with Gasteiger partial charge in [-0.3, -0.25) is 9.59 Å². The molecule has 3 unspecified atom stereocenters. The Hall–Kier alpha value is -2.40. The maximum atomic E-state index is 12.3. The molecule has 0 spiro atoms. The molecule has 0 bridgehead atoms. The van der Waals surface area contributed by atoms with Crippen LogP contribution >= 0.6 is 0 Å². The van der Waals surface area contributed by atoms with Gasteiger partial charge < -0.3 is 15.1 Å². The van der Waals surface area contributed by atoms with E-state index < -0.39 is 12.1 Å². The van der Waals surface area contributed by atoms with Gasteiger partial charge in [0.2, 0.25) is 5.91 Å². The number of amides is 1. The molecule has 1 heterocycles. The lowest BCUT2D eigenvalue weighted by molar-refractivity contribution is -0.141. The number of piperidine rings is 1. The second-order valence-electron chi connectivity index (χ2n) is 7.44. The molecule has 0 radical (unpaired) electrons. The van der Waals surface area contributed by atoms with E-state index in [9.17, 15) is 14.7 Å². The number of carbonyl (C=O) groups is 2. The van der Waals surface area contributed by atoms with Crippen LogP contribution in [0.25, 0.3) is 0 Å². The maximum Gasteiger partial charge on any atom is 0.306 e. The predicted molar refractivity (Wildman–Crippen MR) is 110 cm³/mol. The molecule has 28 heavy (non-hydrogen) atoms. The summed E-state index contributed by atoms with van der Waals surface area (Å²) in [7, 11) is 0. The van der Waals surface area contributed by atoms with Gasteiger partial charge in [-0.1, -0.05) is 61.6 Å². The van der Waals surface area contributed by atoms with Crippen molar-refractivity contribution in [2.45, 2.75) is 57.6 Å². The van der Waals surface area contributed by atoms with Crippen LogP contribution in [0.3, 0.4) is 0 Å². The molecule has 1 saturated heterocycles. The van der Waals surface area contributed by atoms with Gasteiger partial charge in [-0.15, -0.1) is 0 Å². The van der Waals surface area contributed by atoms with Crippen LogP contribution < -0.4 is 0 Å². The van der Waals surface area contributed by atoms with Crippen molar-refractivity contribution in [1.82, 2.24) is 4.90 Å². The minimum absolute atomic E-state index is 0.00531. The van der Waals surface area contributed by atoms with E-state index >= 15 is 0 Å². The minimum atomic E-state index is -0.779. The highest BCUT2D eigenvalue weighted by Crippen LogP contribution is 2.20. The molecule has 2 N–H and O–H groups in total. The zero-order chi connectivity index (χ0) is 20.4. The van der Waals surface area contributed by atoms with E-state index in [1.165, 1.54) is 0 Å². The van der Waals surface area contributed by atoms with Crippen molar-refractivity contribution >= 4 is 11.9 Å². The molecule has 0 aliphatic carbocycles. The molecule has 1 fully saturated rings. The number of hydrogen-bond donors (Lipinski definition) is 2. The third-order valence-electron chi connectivity index (χ3n) is 5.11. The van der Waals surface area contributed by atoms with E-state index in [4.69, 9.17) is 5.11 Å². The number of aliphatic carboxylic acids is 1. The van der Waals surface area contributed by atoms with Gasteiger partial charge in [0.05, 0.1) is 18.1 Å². The Morgan fingerprint density at radius 2 is 2.04 bits per heavy atom. The average molecular weight is 386 g/mol. The highest BCUT2D eigenvalue weighted by atomic mass is 16.4. The summed E-state index contributed by atoms with van der Waals surface area (Å²) < 4.78 is 0. The number of nitrogens with zero attached hydrogens (tertiary/aromatic N) is 1. The van der Waals surface area contributed by atoms with Crippen LogP contribution in [-0.4, -0.2) is 45.7 Å². The zero-order valence-electron chi connectivity index (χ0n) is 16.5. The number of benzene rings is 1. The highest BCUT2D eigenvalue weighted by Gasteiger charge is 2.25. The molecule has 1 aliphatic heterocycles. The second-order valence-corrected chi connectivity index (χ2v) is 7.44. The number of aliphatic hydroxyl groups is 1. The highest BCUT2D eigenvalue weighted by molar-refractivity contribution is 5.77. The van der Waals surface area contributed by atoms with Crippen molar-refractivity contribution in [2.24, 2.45) is 5.92 Å². The summed E-state index contributed by atoms with van der Waals surface area (Å²) in [6.45, 7) is 2.22. The number of aliphatic hydroxyl groups excluding tert-OH is 1. The first kappa shape index (κ1) is 21.9. The standard InChI is InChI=1S/C23H31NO4/c1-18(23(27)28)9-4-3-7-16-24-20(12-8-13-22(24)26)14-15-21(25)17-19-10-5-2-6-11-19/h2-3,5-7,10-11,14-15,18,20-21,25H,4,8-9,12-13,16-17H2,1H3,(H,27,28)/b7-3-,15-14+. The number of allylic oxidation sites excluding steroid dienone is 1. The van der Waals surface area contributed by atoms with Crippen molar-refractivity contribution in [3.05, 3.63) is 60.2 Å². The summed E-state index contributed by atoms with van der Waals surface area (Å²) in [5.41, 5.74) is 1.08. The Morgan fingerprint density at radius 3 is 2.75 bits per heavy atom. The molecule has 1 amide bonds. The first-order valence-corrected chi connectivity index (χ1v) is 10.0. The monoisotopic (exact) mass is 385 g/mol. The Labute approximate surface area is 167 Å². The number of carboxylic acids is 1. The van der Waals surface area contributed by atoms with E-state index in [-0.39, 0.29) is 17.9 Å². The molecule has 0 saturated carbocycles. The van der Waals surface area contributed by atoms with Gasteiger partial charge in [0, 0.05) is 19.4 Å². The fraction of sp³-hybridized carbons (Fsp3) is 0.478. The van der Waals surface area contributed by atoms with Crippen LogP contribution in [0.1, 0.15) is 44.6 Å². The molecule has 1 aliphatic rings. The van der Waals surface area contributed by atoms with Crippen molar-refractivity contribution in [3.8, 4) is 0 Å². The normalized spacial score (nSPS) is 20.0. The molecule has 3 atom stereocenters. The zero-order valence-corrected chi connectivity index (χ0v) is 16.5. The van der Waals surface area contributed by atoms with Crippen LogP contribution in [0.2, 0.25) is 0 Å². The van der Waals surface area contributed by atoms with Crippen molar-refractivity contribution < 1.29 is 19.8 Å².